The molecule has 0 saturated carbocycles. The van der Waals surface area contributed by atoms with Crippen molar-refractivity contribution in [1.29, 1.82) is 0 Å². The molecular formula is C11H19N3O7. The Hall–Kier alpha value is -1.42. The van der Waals surface area contributed by atoms with Crippen molar-refractivity contribution < 1.29 is 33.6 Å². The van der Waals surface area contributed by atoms with Crippen molar-refractivity contribution in [2.75, 3.05) is 34.5 Å². The predicted octanol–water partition coefficient (Wildman–Crippen LogP) is -0.398. The van der Waals surface area contributed by atoms with Gasteiger partial charge in [-0.1, -0.05) is 5.11 Å². The number of nitrogens with zero attached hydrogens (tertiary/aromatic N) is 3. The summed E-state index contributed by atoms with van der Waals surface area (Å²) < 4.78 is 25.7. The summed E-state index contributed by atoms with van der Waals surface area (Å²) in [6.07, 6.45) is -3.28. The van der Waals surface area contributed by atoms with Crippen LogP contribution in [0.25, 0.3) is 10.4 Å². The minimum absolute atomic E-state index is 0.348. The molecule has 0 radical (unpaired) electrons. The molecule has 0 aromatic rings. The summed E-state index contributed by atoms with van der Waals surface area (Å²) in [6, 6.07) is -0.833. The Labute approximate surface area is 121 Å². The van der Waals surface area contributed by atoms with E-state index in [1.165, 1.54) is 21.3 Å². The van der Waals surface area contributed by atoms with Gasteiger partial charge >= 0.3 is 5.97 Å². The topological polar surface area (TPSA) is 132 Å². The van der Waals surface area contributed by atoms with Crippen LogP contribution in [0.4, 0.5) is 0 Å². The first-order valence-corrected chi connectivity index (χ1v) is 6.17. The van der Waals surface area contributed by atoms with E-state index < -0.39 is 36.6 Å². The van der Waals surface area contributed by atoms with Crippen LogP contribution >= 0.6 is 0 Å². The van der Waals surface area contributed by atoms with Gasteiger partial charge in [0, 0.05) is 19.1 Å². The molecule has 1 N–H and O–H groups in total. The van der Waals surface area contributed by atoms with Crippen LogP contribution < -0.4 is 0 Å². The van der Waals surface area contributed by atoms with Gasteiger partial charge < -0.3 is 28.8 Å². The molecule has 0 amide bonds. The fraction of sp³-hybridized carbons (Fsp3) is 0.909. The molecule has 1 saturated heterocycles. The molecule has 0 aliphatic carbocycles. The van der Waals surface area contributed by atoms with Crippen LogP contribution in [0.1, 0.15) is 0 Å². The van der Waals surface area contributed by atoms with Crippen molar-refractivity contribution in [3.05, 3.63) is 10.4 Å². The molecule has 0 aromatic heterocycles. The molecule has 0 spiro atoms. The first kappa shape index (κ1) is 17.6. The number of hydrogen-bond acceptors (Lipinski definition) is 8. The molecule has 1 heterocycles. The van der Waals surface area contributed by atoms with Gasteiger partial charge in [-0.05, 0) is 5.53 Å². The van der Waals surface area contributed by atoms with Gasteiger partial charge in [0.05, 0.1) is 25.9 Å². The average molecular weight is 305 g/mol. The van der Waals surface area contributed by atoms with Crippen molar-refractivity contribution in [2.45, 2.75) is 30.6 Å². The molecule has 1 aliphatic heterocycles. The Balaban J connectivity index is 2.96. The number of aliphatic hydroxyl groups is 1. The summed E-state index contributed by atoms with van der Waals surface area (Å²) in [5.74, 6) is -0.595. The van der Waals surface area contributed by atoms with Crippen molar-refractivity contribution >= 4 is 5.97 Å². The molecule has 1 aliphatic rings. The summed E-state index contributed by atoms with van der Waals surface area (Å²) in [7, 11) is 3.98. The number of hydrogen-bond donors (Lipinski definition) is 1. The Morgan fingerprint density at radius 2 is 2.05 bits per heavy atom. The second-order valence-electron chi connectivity index (χ2n) is 4.21. The maximum absolute atomic E-state index is 11.2. The third-order valence-electron chi connectivity index (χ3n) is 3.11. The lowest BCUT2D eigenvalue weighted by atomic mass is 9.96. The molecule has 0 aromatic carbocycles. The normalized spacial score (nSPS) is 32.3. The van der Waals surface area contributed by atoms with E-state index >= 15 is 0 Å². The van der Waals surface area contributed by atoms with Crippen molar-refractivity contribution in [3.63, 3.8) is 0 Å². The monoisotopic (exact) mass is 305 g/mol. The number of aliphatic hydroxyl groups excluding tert-OH is 1. The highest BCUT2D eigenvalue weighted by molar-refractivity contribution is 5.70. The quantitative estimate of drug-likeness (QED) is 0.293. The molecule has 1 fully saturated rings. The number of ether oxygens (including phenoxy) is 5. The molecular weight excluding hydrogens is 286 g/mol. The van der Waals surface area contributed by atoms with Gasteiger partial charge in [-0.3, -0.25) is 0 Å². The van der Waals surface area contributed by atoms with Gasteiger partial charge in [0.25, 0.3) is 0 Å². The smallest absolute Gasteiger partial charge is 0.331 e. The lowest BCUT2D eigenvalue weighted by molar-refractivity contribution is -0.280. The van der Waals surface area contributed by atoms with E-state index in [-0.39, 0.29) is 13.2 Å². The van der Waals surface area contributed by atoms with Gasteiger partial charge in [-0.2, -0.15) is 0 Å². The summed E-state index contributed by atoms with van der Waals surface area (Å²) >= 11 is 0. The van der Waals surface area contributed by atoms with Gasteiger partial charge in [0.1, 0.15) is 18.8 Å². The second kappa shape index (κ2) is 8.78. The van der Waals surface area contributed by atoms with Crippen molar-refractivity contribution in [3.8, 4) is 0 Å². The largest absolute Gasteiger partial charge is 0.467 e. The number of rotatable bonds is 7. The lowest BCUT2D eigenvalue weighted by Gasteiger charge is -2.43. The van der Waals surface area contributed by atoms with Crippen LogP contribution in [0.3, 0.4) is 0 Å². The van der Waals surface area contributed by atoms with Crippen molar-refractivity contribution in [1.82, 2.24) is 0 Å². The van der Waals surface area contributed by atoms with E-state index in [2.05, 4.69) is 14.8 Å². The number of esters is 1. The zero-order chi connectivity index (χ0) is 15.8. The van der Waals surface area contributed by atoms with E-state index in [0.29, 0.717) is 0 Å². The molecule has 1 rings (SSSR count). The van der Waals surface area contributed by atoms with Gasteiger partial charge in [0.2, 0.25) is 0 Å². The van der Waals surface area contributed by atoms with Gasteiger partial charge in [-0.25, -0.2) is 4.79 Å². The number of methoxy groups -OCH3 is 3. The van der Waals surface area contributed by atoms with E-state index in [1.807, 2.05) is 0 Å². The molecule has 120 valence electrons. The van der Waals surface area contributed by atoms with Crippen LogP contribution in [0.5, 0.6) is 0 Å². The predicted molar refractivity (Wildman–Crippen MR) is 68.2 cm³/mol. The Morgan fingerprint density at radius 1 is 1.33 bits per heavy atom. The van der Waals surface area contributed by atoms with Crippen LogP contribution in [0, 0.1) is 0 Å². The van der Waals surface area contributed by atoms with E-state index in [9.17, 15) is 9.90 Å². The van der Waals surface area contributed by atoms with E-state index in [4.69, 9.17) is 24.5 Å². The maximum Gasteiger partial charge on any atom is 0.331 e. The zero-order valence-corrected chi connectivity index (χ0v) is 12.0. The summed E-state index contributed by atoms with van der Waals surface area (Å²) in [4.78, 5) is 13.9. The summed E-state index contributed by atoms with van der Waals surface area (Å²) in [6.45, 7) is -0.707. The maximum atomic E-state index is 11.2. The van der Waals surface area contributed by atoms with Gasteiger partial charge in [0.15, 0.2) is 6.29 Å². The molecule has 1 unspecified atom stereocenters. The first-order valence-electron chi connectivity index (χ1n) is 6.17. The zero-order valence-electron chi connectivity index (χ0n) is 12.0. The molecule has 5 atom stereocenters. The van der Waals surface area contributed by atoms with Crippen molar-refractivity contribution in [2.24, 2.45) is 5.11 Å². The summed E-state index contributed by atoms with van der Waals surface area (Å²) in [5.41, 5.74) is 8.70. The SMILES string of the molecule is COC(=O)CO[C@H]1C(OC)O[C@H](CO)[C@@H](OC)[C@@H]1N=[N+]=[N-]. The number of carbonyl (C=O) groups excluding carboxylic acids is 1. The van der Waals surface area contributed by atoms with Gasteiger partial charge in [-0.15, -0.1) is 0 Å². The highest BCUT2D eigenvalue weighted by Crippen LogP contribution is 2.28. The molecule has 10 heteroatoms. The number of azide groups is 1. The van der Waals surface area contributed by atoms with E-state index in [1.54, 1.807) is 0 Å². The first-order chi connectivity index (χ1) is 10.1. The molecule has 10 nitrogen and oxygen atoms in total. The third-order valence-corrected chi connectivity index (χ3v) is 3.11. The Morgan fingerprint density at radius 3 is 2.52 bits per heavy atom. The third kappa shape index (κ3) is 4.27. The molecule has 21 heavy (non-hydrogen) atoms. The van der Waals surface area contributed by atoms with E-state index in [0.717, 1.165) is 0 Å². The summed E-state index contributed by atoms with van der Waals surface area (Å²) in [5, 5.41) is 12.9. The standard InChI is InChI=1S/C11H19N3O7/c1-17-7(16)5-20-10-8(13-14-12)9(18-2)6(4-15)21-11(10)19-3/h6,8-11,15H,4-5H2,1-3H3/t6-,8+,9-,10-,11?/m1/s1. The Kier molecular flexibility index (Phi) is 7.37. The fourth-order valence-electron chi connectivity index (χ4n) is 2.11. The highest BCUT2D eigenvalue weighted by Gasteiger charge is 2.47. The highest BCUT2D eigenvalue weighted by atomic mass is 16.7. The fourth-order valence-corrected chi connectivity index (χ4v) is 2.11. The van der Waals surface area contributed by atoms with Crippen LogP contribution in [-0.2, 0) is 28.5 Å². The Bertz CT molecular complexity index is 388. The van der Waals surface area contributed by atoms with Crippen LogP contribution in [0.15, 0.2) is 5.11 Å². The van der Waals surface area contributed by atoms with Crippen LogP contribution in [0.2, 0.25) is 0 Å². The average Bonchev–Trinajstić information content (AvgIpc) is 2.52. The minimum Gasteiger partial charge on any atom is -0.467 e. The molecule has 0 bridgehead atoms. The number of carbonyl (C=O) groups is 1. The second-order valence-corrected chi connectivity index (χ2v) is 4.21. The lowest BCUT2D eigenvalue weighted by Crippen LogP contribution is -2.59. The minimum atomic E-state index is -0.922. The van der Waals surface area contributed by atoms with Crippen LogP contribution in [-0.4, -0.2) is 76.3 Å².